The molecule has 22 heavy (non-hydrogen) atoms. The number of ether oxygens (including phenoxy) is 3. The summed E-state index contributed by atoms with van der Waals surface area (Å²) in [7, 11) is 0. The highest BCUT2D eigenvalue weighted by Crippen LogP contribution is 2.06. The molecule has 0 fully saturated rings. The maximum atomic E-state index is 11.9. The number of nitrogens with zero attached hydrogens (tertiary/aromatic N) is 1. The molecule has 0 N–H and O–H groups in total. The van der Waals surface area contributed by atoms with E-state index in [0.29, 0.717) is 0 Å². The largest absolute Gasteiger partial charge is 0.464 e. The first kappa shape index (κ1) is 19.6. The van der Waals surface area contributed by atoms with Crippen molar-refractivity contribution in [1.29, 1.82) is 0 Å². The van der Waals surface area contributed by atoms with Gasteiger partial charge >= 0.3 is 29.7 Å². The summed E-state index contributed by atoms with van der Waals surface area (Å²) in [5.41, 5.74) is 0. The van der Waals surface area contributed by atoms with Crippen molar-refractivity contribution >= 4 is 29.7 Å². The molecule has 0 rings (SSSR count). The highest BCUT2D eigenvalue weighted by Gasteiger charge is 2.40. The Bertz CT molecular complexity index is 429. The van der Waals surface area contributed by atoms with Crippen molar-refractivity contribution in [2.75, 3.05) is 19.8 Å². The van der Waals surface area contributed by atoms with Crippen LogP contribution in [0, 0.1) is 0 Å². The second-order valence-electron chi connectivity index (χ2n) is 3.85. The van der Waals surface area contributed by atoms with E-state index in [0.717, 1.165) is 6.92 Å². The van der Waals surface area contributed by atoms with E-state index in [-0.39, 0.29) is 24.7 Å². The van der Waals surface area contributed by atoms with Crippen molar-refractivity contribution in [2.24, 2.45) is 0 Å². The van der Waals surface area contributed by atoms with Crippen LogP contribution in [0.5, 0.6) is 0 Å². The zero-order valence-electron chi connectivity index (χ0n) is 12.9. The van der Waals surface area contributed by atoms with E-state index in [1.807, 2.05) is 0 Å². The fraction of sp³-hybridized carbons (Fsp3) is 0.615. The zero-order valence-corrected chi connectivity index (χ0v) is 12.9. The molecule has 9 nitrogen and oxygen atoms in total. The van der Waals surface area contributed by atoms with Gasteiger partial charge in [0.25, 0.3) is 0 Å². The lowest BCUT2D eigenvalue weighted by atomic mass is 10.2. The van der Waals surface area contributed by atoms with Gasteiger partial charge in [0.2, 0.25) is 0 Å². The maximum Gasteiger partial charge on any atom is 0.397 e. The average molecular weight is 317 g/mol. The van der Waals surface area contributed by atoms with Gasteiger partial charge in [0, 0.05) is 0 Å². The first-order chi connectivity index (χ1) is 10.3. The Morgan fingerprint density at radius 1 is 0.773 bits per heavy atom. The molecule has 1 atom stereocenters. The number of hydrogen-bond donors (Lipinski definition) is 0. The van der Waals surface area contributed by atoms with Gasteiger partial charge in [0.05, 0.1) is 19.8 Å². The van der Waals surface area contributed by atoms with Gasteiger partial charge < -0.3 is 14.2 Å². The Morgan fingerprint density at radius 2 is 1.14 bits per heavy atom. The number of rotatable bonds is 5. The highest BCUT2D eigenvalue weighted by molar-refractivity contribution is 6.44. The van der Waals surface area contributed by atoms with Crippen molar-refractivity contribution in [1.82, 2.24) is 4.90 Å². The smallest absolute Gasteiger partial charge is 0.397 e. The summed E-state index contributed by atoms with van der Waals surface area (Å²) < 4.78 is 13.6. The third kappa shape index (κ3) is 5.15. The minimum Gasteiger partial charge on any atom is -0.464 e. The fourth-order valence-corrected chi connectivity index (χ4v) is 1.39. The summed E-state index contributed by atoms with van der Waals surface area (Å²) in [6.45, 7) is 5.36. The van der Waals surface area contributed by atoms with Crippen LogP contribution in [0.3, 0.4) is 0 Å². The predicted molar refractivity (Wildman–Crippen MR) is 71.2 cm³/mol. The number of hydrogen-bond acceptors (Lipinski definition) is 8. The van der Waals surface area contributed by atoms with Gasteiger partial charge in [-0.05, 0) is 27.7 Å². The summed E-state index contributed by atoms with van der Waals surface area (Å²) in [4.78, 5) is 58.7. The molecule has 124 valence electrons. The molecule has 0 aromatic carbocycles. The SMILES string of the molecule is CCOC(=O)C(=O)N(C(=O)C(=O)OCC)[C@@H](C)C(=O)OCC. The Morgan fingerprint density at radius 3 is 1.45 bits per heavy atom. The first-order valence-corrected chi connectivity index (χ1v) is 6.69. The molecule has 0 saturated heterocycles. The number of imide groups is 1. The Kier molecular flexibility index (Phi) is 8.42. The van der Waals surface area contributed by atoms with E-state index in [9.17, 15) is 24.0 Å². The molecular weight excluding hydrogens is 298 g/mol. The van der Waals surface area contributed by atoms with Gasteiger partial charge in [-0.2, -0.15) is 0 Å². The van der Waals surface area contributed by atoms with Crippen LogP contribution in [0.4, 0.5) is 0 Å². The van der Waals surface area contributed by atoms with Crippen molar-refractivity contribution in [3.8, 4) is 0 Å². The first-order valence-electron chi connectivity index (χ1n) is 6.69. The van der Waals surface area contributed by atoms with Crippen LogP contribution in [0.15, 0.2) is 0 Å². The van der Waals surface area contributed by atoms with Crippen molar-refractivity contribution in [3.05, 3.63) is 0 Å². The minimum atomic E-state index is -1.48. The van der Waals surface area contributed by atoms with Gasteiger partial charge in [-0.25, -0.2) is 19.3 Å². The van der Waals surface area contributed by atoms with Gasteiger partial charge in [-0.3, -0.25) is 9.59 Å². The van der Waals surface area contributed by atoms with E-state index < -0.39 is 35.8 Å². The molecule has 2 amide bonds. The summed E-state index contributed by atoms with van der Waals surface area (Å²) in [5, 5.41) is 0. The Labute approximate surface area is 127 Å². The average Bonchev–Trinajstić information content (AvgIpc) is 2.47. The van der Waals surface area contributed by atoms with E-state index >= 15 is 0 Å². The molecule has 0 aliphatic carbocycles. The lowest BCUT2D eigenvalue weighted by Crippen LogP contribution is -2.53. The van der Waals surface area contributed by atoms with Gasteiger partial charge in [0.15, 0.2) is 0 Å². The third-order valence-corrected chi connectivity index (χ3v) is 2.35. The number of carbonyl (C=O) groups is 5. The second-order valence-corrected chi connectivity index (χ2v) is 3.85. The molecule has 0 aliphatic rings. The third-order valence-electron chi connectivity index (χ3n) is 2.35. The van der Waals surface area contributed by atoms with E-state index in [1.165, 1.54) is 20.8 Å². The Hall–Kier alpha value is -2.45. The molecule has 0 bridgehead atoms. The molecule has 0 unspecified atom stereocenters. The quantitative estimate of drug-likeness (QED) is 0.375. The van der Waals surface area contributed by atoms with Crippen LogP contribution in [0.2, 0.25) is 0 Å². The van der Waals surface area contributed by atoms with Crippen molar-refractivity contribution in [3.63, 3.8) is 0 Å². The normalized spacial score (nSPS) is 11.1. The van der Waals surface area contributed by atoms with Crippen LogP contribution in [-0.2, 0) is 38.2 Å². The standard InChI is InChI=1S/C13H19NO8/c1-5-20-11(17)8(4)14(9(15)12(18)21-6-2)10(16)13(19)22-7-3/h8H,5-7H2,1-4H3/t8-/m0/s1. The topological polar surface area (TPSA) is 116 Å². The summed E-state index contributed by atoms with van der Waals surface area (Å²) in [6, 6.07) is -1.48. The Balaban J connectivity index is 5.43. The lowest BCUT2D eigenvalue weighted by molar-refractivity contribution is -0.174. The van der Waals surface area contributed by atoms with Crippen LogP contribution in [0.1, 0.15) is 27.7 Å². The van der Waals surface area contributed by atoms with Gasteiger partial charge in [-0.1, -0.05) is 0 Å². The van der Waals surface area contributed by atoms with Crippen molar-refractivity contribution < 1.29 is 38.2 Å². The summed E-state index contributed by atoms with van der Waals surface area (Å²) >= 11 is 0. The monoisotopic (exact) mass is 317 g/mol. The highest BCUT2D eigenvalue weighted by atomic mass is 16.6. The predicted octanol–water partition coefficient (Wildman–Crippen LogP) is -0.581. The lowest BCUT2D eigenvalue weighted by Gasteiger charge is -2.23. The molecule has 0 heterocycles. The molecular formula is C13H19NO8. The molecule has 0 aliphatic heterocycles. The van der Waals surface area contributed by atoms with Crippen LogP contribution >= 0.6 is 0 Å². The van der Waals surface area contributed by atoms with Gasteiger partial charge in [-0.15, -0.1) is 0 Å². The van der Waals surface area contributed by atoms with E-state index in [1.54, 1.807) is 0 Å². The molecule has 0 spiro atoms. The number of carbonyl (C=O) groups excluding carboxylic acids is 5. The second kappa shape index (κ2) is 9.48. The van der Waals surface area contributed by atoms with Crippen LogP contribution in [-0.4, -0.2) is 60.5 Å². The molecule has 0 radical (unpaired) electrons. The van der Waals surface area contributed by atoms with E-state index in [4.69, 9.17) is 0 Å². The van der Waals surface area contributed by atoms with Crippen molar-refractivity contribution in [2.45, 2.75) is 33.7 Å². The molecule has 9 heteroatoms. The maximum absolute atomic E-state index is 11.9. The van der Waals surface area contributed by atoms with Crippen LogP contribution in [0.25, 0.3) is 0 Å². The molecule has 0 aromatic rings. The van der Waals surface area contributed by atoms with Crippen LogP contribution < -0.4 is 0 Å². The zero-order chi connectivity index (χ0) is 17.3. The fourth-order valence-electron chi connectivity index (χ4n) is 1.39. The summed E-state index contributed by atoms with van der Waals surface area (Å²) in [5.74, 6) is -6.56. The minimum absolute atomic E-state index is 0.00178. The number of amides is 2. The molecule has 0 saturated carbocycles. The summed E-state index contributed by atoms with van der Waals surface area (Å²) in [6.07, 6.45) is 0. The molecule has 0 aromatic heterocycles. The number of esters is 3. The van der Waals surface area contributed by atoms with E-state index in [2.05, 4.69) is 14.2 Å². The van der Waals surface area contributed by atoms with Gasteiger partial charge in [0.1, 0.15) is 6.04 Å².